The molecule has 1 saturated carbocycles. The maximum Gasteiger partial charge on any atom is 0.270 e. The molecule has 3 aliphatic rings. The van der Waals surface area contributed by atoms with Crippen molar-refractivity contribution in [2.45, 2.75) is 45.6 Å². The van der Waals surface area contributed by atoms with Crippen LogP contribution in [0.15, 0.2) is 6.07 Å². The molecular formula is C22H33N5O3. The second-order valence-electron chi connectivity index (χ2n) is 9.07. The highest BCUT2D eigenvalue weighted by molar-refractivity contribution is 5.92. The Morgan fingerprint density at radius 1 is 1.13 bits per heavy atom. The molecule has 2 amide bonds. The van der Waals surface area contributed by atoms with Gasteiger partial charge in [0.05, 0.1) is 6.10 Å². The lowest BCUT2D eigenvalue weighted by Gasteiger charge is -2.38. The van der Waals surface area contributed by atoms with E-state index in [-0.39, 0.29) is 24.5 Å². The van der Waals surface area contributed by atoms with E-state index in [4.69, 9.17) is 4.74 Å². The highest BCUT2D eigenvalue weighted by Crippen LogP contribution is 2.31. The Morgan fingerprint density at radius 2 is 1.87 bits per heavy atom. The number of amides is 2. The average Bonchev–Trinajstić information content (AvgIpc) is 3.53. The number of hydrogen-bond acceptors (Lipinski definition) is 6. The van der Waals surface area contributed by atoms with Crippen molar-refractivity contribution in [3.63, 3.8) is 0 Å². The smallest absolute Gasteiger partial charge is 0.270 e. The molecule has 0 radical (unpaired) electrons. The van der Waals surface area contributed by atoms with Crippen LogP contribution in [0.4, 0.5) is 0 Å². The van der Waals surface area contributed by atoms with E-state index in [9.17, 15) is 9.59 Å². The van der Waals surface area contributed by atoms with Gasteiger partial charge in [-0.25, -0.2) is 9.97 Å². The summed E-state index contributed by atoms with van der Waals surface area (Å²) in [6, 6.07) is 1.68. The molecule has 0 bridgehead atoms. The van der Waals surface area contributed by atoms with Crippen LogP contribution in [-0.4, -0.2) is 83.6 Å². The number of carbonyl (C=O) groups excluding carboxylic acids is 2. The SMILES string of the molecule is Cc1cc(C(=O)NCC2CN(CC3CCN(CC4CC4)CC3)C(=O)CO2)nc(C)n1. The maximum absolute atomic E-state index is 12.4. The Kier molecular flexibility index (Phi) is 6.63. The van der Waals surface area contributed by atoms with Gasteiger partial charge in [-0.2, -0.15) is 0 Å². The van der Waals surface area contributed by atoms with Gasteiger partial charge in [-0.05, 0) is 70.5 Å². The number of morpholine rings is 1. The first-order valence-corrected chi connectivity index (χ1v) is 11.2. The number of rotatable bonds is 7. The monoisotopic (exact) mass is 415 g/mol. The molecular weight excluding hydrogens is 382 g/mol. The molecule has 2 aliphatic heterocycles. The fourth-order valence-electron chi connectivity index (χ4n) is 4.44. The van der Waals surface area contributed by atoms with Crippen LogP contribution < -0.4 is 5.32 Å². The van der Waals surface area contributed by atoms with Gasteiger partial charge in [-0.15, -0.1) is 0 Å². The van der Waals surface area contributed by atoms with E-state index < -0.39 is 0 Å². The van der Waals surface area contributed by atoms with Gasteiger partial charge in [0, 0.05) is 31.9 Å². The summed E-state index contributed by atoms with van der Waals surface area (Å²) in [4.78, 5) is 37.7. The molecule has 1 atom stereocenters. The molecule has 4 rings (SSSR count). The lowest BCUT2D eigenvalue weighted by Crippen LogP contribution is -2.52. The summed E-state index contributed by atoms with van der Waals surface area (Å²) in [7, 11) is 0. The van der Waals surface area contributed by atoms with Gasteiger partial charge in [-0.3, -0.25) is 9.59 Å². The lowest BCUT2D eigenvalue weighted by molar-refractivity contribution is -0.149. The van der Waals surface area contributed by atoms with E-state index in [1.54, 1.807) is 13.0 Å². The maximum atomic E-state index is 12.4. The van der Waals surface area contributed by atoms with Crippen molar-refractivity contribution in [2.75, 3.05) is 45.9 Å². The molecule has 30 heavy (non-hydrogen) atoms. The zero-order valence-corrected chi connectivity index (χ0v) is 18.1. The summed E-state index contributed by atoms with van der Waals surface area (Å²) in [5.41, 5.74) is 1.13. The number of ether oxygens (including phenoxy) is 1. The molecule has 1 aliphatic carbocycles. The van der Waals surface area contributed by atoms with Gasteiger partial charge in [0.1, 0.15) is 18.1 Å². The van der Waals surface area contributed by atoms with E-state index in [2.05, 4.69) is 20.2 Å². The van der Waals surface area contributed by atoms with Gasteiger partial charge in [-0.1, -0.05) is 0 Å². The van der Waals surface area contributed by atoms with Gasteiger partial charge < -0.3 is 19.9 Å². The Morgan fingerprint density at radius 3 is 2.57 bits per heavy atom. The van der Waals surface area contributed by atoms with Crippen molar-refractivity contribution in [2.24, 2.45) is 11.8 Å². The zero-order valence-electron chi connectivity index (χ0n) is 18.1. The largest absolute Gasteiger partial charge is 0.365 e. The van der Waals surface area contributed by atoms with Crippen LogP contribution in [0, 0.1) is 25.7 Å². The number of hydrogen-bond donors (Lipinski definition) is 1. The van der Waals surface area contributed by atoms with Gasteiger partial charge in [0.15, 0.2) is 0 Å². The molecule has 1 aromatic rings. The minimum atomic E-state index is -0.237. The van der Waals surface area contributed by atoms with Crippen molar-refractivity contribution in [1.82, 2.24) is 25.1 Å². The molecule has 3 fully saturated rings. The van der Waals surface area contributed by atoms with E-state index in [0.717, 1.165) is 44.1 Å². The van der Waals surface area contributed by atoms with Crippen molar-refractivity contribution in [3.05, 3.63) is 23.3 Å². The summed E-state index contributed by atoms with van der Waals surface area (Å²) in [5.74, 6) is 1.89. The number of carbonyl (C=O) groups is 2. The summed E-state index contributed by atoms with van der Waals surface area (Å²) in [6.45, 7) is 8.96. The van der Waals surface area contributed by atoms with Gasteiger partial charge in [0.2, 0.25) is 5.91 Å². The molecule has 164 valence electrons. The molecule has 1 N–H and O–H groups in total. The van der Waals surface area contributed by atoms with Gasteiger partial charge >= 0.3 is 0 Å². The normalized spacial score (nSPS) is 23.6. The second kappa shape index (κ2) is 9.39. The van der Waals surface area contributed by atoms with Crippen LogP contribution in [0.1, 0.15) is 47.7 Å². The number of nitrogens with zero attached hydrogens (tertiary/aromatic N) is 4. The third-order valence-corrected chi connectivity index (χ3v) is 6.31. The van der Waals surface area contributed by atoms with Crippen LogP contribution in [0.5, 0.6) is 0 Å². The Hall–Kier alpha value is -2.06. The number of aryl methyl sites for hydroxylation is 2. The van der Waals surface area contributed by atoms with E-state index in [1.165, 1.54) is 19.4 Å². The average molecular weight is 416 g/mol. The lowest BCUT2D eigenvalue weighted by atomic mass is 9.95. The topological polar surface area (TPSA) is 87.7 Å². The van der Waals surface area contributed by atoms with Crippen LogP contribution >= 0.6 is 0 Å². The molecule has 2 saturated heterocycles. The molecule has 1 aromatic heterocycles. The van der Waals surface area contributed by atoms with Crippen LogP contribution in [0.3, 0.4) is 0 Å². The minimum absolute atomic E-state index is 0.0556. The minimum Gasteiger partial charge on any atom is -0.365 e. The fraction of sp³-hybridized carbons (Fsp3) is 0.727. The molecule has 1 unspecified atom stereocenters. The second-order valence-corrected chi connectivity index (χ2v) is 9.07. The molecule has 3 heterocycles. The molecule has 8 nitrogen and oxygen atoms in total. The first-order chi connectivity index (χ1) is 14.5. The summed E-state index contributed by atoms with van der Waals surface area (Å²) < 4.78 is 5.66. The molecule has 0 aromatic carbocycles. The van der Waals surface area contributed by atoms with E-state index in [0.29, 0.717) is 30.5 Å². The third-order valence-electron chi connectivity index (χ3n) is 6.31. The van der Waals surface area contributed by atoms with Crippen LogP contribution in [0.25, 0.3) is 0 Å². The summed E-state index contributed by atoms with van der Waals surface area (Å²) in [5, 5.41) is 2.89. The Labute approximate surface area is 178 Å². The quantitative estimate of drug-likeness (QED) is 0.719. The first kappa shape index (κ1) is 21.2. The number of aromatic nitrogens is 2. The Bertz CT molecular complexity index is 754. The standard InChI is InChI=1S/C22H33N5O3/c1-15-9-20(25-16(2)24-15)22(29)23-10-19-13-27(21(28)14-30-19)12-18-5-7-26(8-6-18)11-17-3-4-17/h9,17-19H,3-8,10-14H2,1-2H3,(H,23,29). The summed E-state index contributed by atoms with van der Waals surface area (Å²) in [6.07, 6.45) is 4.93. The summed E-state index contributed by atoms with van der Waals surface area (Å²) >= 11 is 0. The fourth-order valence-corrected chi connectivity index (χ4v) is 4.44. The third kappa shape index (κ3) is 5.76. The van der Waals surface area contributed by atoms with Crippen molar-refractivity contribution in [1.29, 1.82) is 0 Å². The number of piperidine rings is 1. The van der Waals surface area contributed by atoms with Crippen molar-refractivity contribution in [3.8, 4) is 0 Å². The van der Waals surface area contributed by atoms with Crippen LogP contribution in [0.2, 0.25) is 0 Å². The predicted molar refractivity (Wildman–Crippen MR) is 112 cm³/mol. The van der Waals surface area contributed by atoms with Gasteiger partial charge in [0.25, 0.3) is 5.91 Å². The molecule has 8 heteroatoms. The molecule has 0 spiro atoms. The first-order valence-electron chi connectivity index (χ1n) is 11.2. The van der Waals surface area contributed by atoms with Crippen molar-refractivity contribution >= 4 is 11.8 Å². The van der Waals surface area contributed by atoms with Crippen LogP contribution in [-0.2, 0) is 9.53 Å². The highest BCUT2D eigenvalue weighted by atomic mass is 16.5. The number of nitrogens with one attached hydrogen (secondary N) is 1. The predicted octanol–water partition coefficient (Wildman–Crippen LogP) is 1.17. The highest BCUT2D eigenvalue weighted by Gasteiger charge is 2.31. The van der Waals surface area contributed by atoms with E-state index in [1.807, 2.05) is 11.8 Å². The van der Waals surface area contributed by atoms with Crippen molar-refractivity contribution < 1.29 is 14.3 Å². The Balaban J connectivity index is 1.23. The zero-order chi connectivity index (χ0) is 21.1. The van der Waals surface area contributed by atoms with E-state index >= 15 is 0 Å². The number of likely N-dealkylation sites (tertiary alicyclic amines) is 1.